The number of rotatable bonds is 11. The fourth-order valence-corrected chi connectivity index (χ4v) is 2.76. The largest absolute Gasteiger partial charge is 0.490 e. The molecule has 0 spiro atoms. The van der Waals surface area contributed by atoms with Gasteiger partial charge < -0.3 is 20.1 Å². The molecule has 6 nitrogen and oxygen atoms in total. The summed E-state index contributed by atoms with van der Waals surface area (Å²) in [4.78, 5) is 5.44. The van der Waals surface area contributed by atoms with Crippen molar-refractivity contribution in [2.45, 2.75) is 39.4 Å². The normalized spacial score (nSPS) is 12.9. The zero-order valence-electron chi connectivity index (χ0n) is 18.3. The molecule has 1 atom stereocenters. The highest BCUT2D eigenvalue weighted by molar-refractivity contribution is 14.0. The van der Waals surface area contributed by atoms with E-state index < -0.39 is 12.7 Å². The van der Waals surface area contributed by atoms with Crippen molar-refractivity contribution in [2.24, 2.45) is 4.99 Å². The molecule has 0 aliphatic carbocycles. The zero-order chi connectivity index (χ0) is 21.9. The van der Waals surface area contributed by atoms with Gasteiger partial charge in [0.15, 0.2) is 17.5 Å². The van der Waals surface area contributed by atoms with Gasteiger partial charge in [0.2, 0.25) is 0 Å². The highest BCUT2D eigenvalue weighted by Crippen LogP contribution is 2.30. The standard InChI is InChI=1S/C20H33F3N4O2.HI/c1-6-28-17-10-9-16(13-18(17)29-7-2)15(3)26-19(24-4)25-11-8-12-27(5)14-20(21,22)23;/h9-10,13,15H,6-8,11-12,14H2,1-5H3,(H2,24,25,26);1H. The van der Waals surface area contributed by atoms with Gasteiger partial charge in [-0.2, -0.15) is 13.2 Å². The van der Waals surface area contributed by atoms with Crippen LogP contribution in [0.15, 0.2) is 23.2 Å². The summed E-state index contributed by atoms with van der Waals surface area (Å²) in [7, 11) is 3.12. The molecule has 0 heterocycles. The predicted molar refractivity (Wildman–Crippen MR) is 125 cm³/mol. The first-order valence-corrected chi connectivity index (χ1v) is 9.82. The summed E-state index contributed by atoms with van der Waals surface area (Å²) in [5, 5.41) is 6.41. The van der Waals surface area contributed by atoms with Gasteiger partial charge in [-0.1, -0.05) is 6.07 Å². The fraction of sp³-hybridized carbons (Fsp3) is 0.650. The average Bonchev–Trinajstić information content (AvgIpc) is 2.64. The van der Waals surface area contributed by atoms with Crippen LogP contribution >= 0.6 is 24.0 Å². The van der Waals surface area contributed by atoms with Crippen molar-refractivity contribution in [1.29, 1.82) is 0 Å². The number of hydrogen-bond donors (Lipinski definition) is 2. The van der Waals surface area contributed by atoms with Crippen molar-refractivity contribution < 1.29 is 22.6 Å². The van der Waals surface area contributed by atoms with E-state index in [1.807, 2.05) is 39.0 Å². The van der Waals surface area contributed by atoms with Gasteiger partial charge in [-0.05, 0) is 58.5 Å². The quantitative estimate of drug-likeness (QED) is 0.189. The molecule has 0 saturated heterocycles. The summed E-state index contributed by atoms with van der Waals surface area (Å²) in [6, 6.07) is 5.73. The second kappa shape index (κ2) is 14.6. The third kappa shape index (κ3) is 11.1. The first-order chi connectivity index (χ1) is 13.7. The van der Waals surface area contributed by atoms with Gasteiger partial charge in [0, 0.05) is 13.6 Å². The lowest BCUT2D eigenvalue weighted by atomic mass is 10.1. The first kappa shape index (κ1) is 28.6. The second-order valence-electron chi connectivity index (χ2n) is 6.64. The molecule has 1 rings (SSSR count). The monoisotopic (exact) mass is 546 g/mol. The third-order valence-corrected chi connectivity index (χ3v) is 4.10. The van der Waals surface area contributed by atoms with Crippen LogP contribution in [0.5, 0.6) is 11.5 Å². The second-order valence-corrected chi connectivity index (χ2v) is 6.64. The Balaban J connectivity index is 0.00000841. The van der Waals surface area contributed by atoms with Crippen molar-refractivity contribution in [3.05, 3.63) is 23.8 Å². The van der Waals surface area contributed by atoms with Crippen LogP contribution in [0.4, 0.5) is 13.2 Å². The molecule has 0 bridgehead atoms. The molecule has 10 heteroatoms. The van der Waals surface area contributed by atoms with E-state index in [-0.39, 0.29) is 30.0 Å². The van der Waals surface area contributed by atoms with Crippen LogP contribution in [0.2, 0.25) is 0 Å². The van der Waals surface area contributed by atoms with Crippen LogP contribution in [0.25, 0.3) is 0 Å². The Morgan fingerprint density at radius 1 is 1.17 bits per heavy atom. The van der Waals surface area contributed by atoms with E-state index in [9.17, 15) is 13.2 Å². The zero-order valence-corrected chi connectivity index (χ0v) is 20.6. The van der Waals surface area contributed by atoms with E-state index in [4.69, 9.17) is 9.47 Å². The molecular formula is C20H34F3IN4O2. The molecule has 1 aromatic carbocycles. The van der Waals surface area contributed by atoms with Gasteiger partial charge in [0.25, 0.3) is 0 Å². The van der Waals surface area contributed by atoms with Crippen LogP contribution in [0, 0.1) is 0 Å². The lowest BCUT2D eigenvalue weighted by Crippen LogP contribution is -2.40. The number of nitrogens with one attached hydrogen (secondary N) is 2. The van der Waals surface area contributed by atoms with E-state index in [0.717, 1.165) is 5.56 Å². The molecule has 0 aliphatic heterocycles. The Morgan fingerprint density at radius 3 is 2.37 bits per heavy atom. The number of nitrogens with zero attached hydrogens (tertiary/aromatic N) is 2. The van der Waals surface area contributed by atoms with Crippen molar-refractivity contribution in [1.82, 2.24) is 15.5 Å². The Morgan fingerprint density at radius 2 is 1.80 bits per heavy atom. The summed E-state index contributed by atoms with van der Waals surface area (Å²) in [5.74, 6) is 1.98. The lowest BCUT2D eigenvalue weighted by Gasteiger charge is -2.21. The maximum absolute atomic E-state index is 12.3. The predicted octanol–water partition coefficient (Wildman–Crippen LogP) is 4.21. The highest BCUT2D eigenvalue weighted by Gasteiger charge is 2.28. The number of ether oxygens (including phenoxy) is 2. The van der Waals surface area contributed by atoms with Crippen LogP contribution < -0.4 is 20.1 Å². The third-order valence-electron chi connectivity index (χ3n) is 4.10. The van der Waals surface area contributed by atoms with Gasteiger partial charge in [-0.15, -0.1) is 24.0 Å². The van der Waals surface area contributed by atoms with Gasteiger partial charge in [0.1, 0.15) is 0 Å². The Kier molecular flexibility index (Phi) is 13.9. The minimum atomic E-state index is -4.17. The number of halogens is 4. The fourth-order valence-electron chi connectivity index (χ4n) is 2.76. The highest BCUT2D eigenvalue weighted by atomic mass is 127. The SMILES string of the molecule is CCOc1ccc(C(C)NC(=NC)NCCCN(C)CC(F)(F)F)cc1OCC.I. The van der Waals surface area contributed by atoms with Gasteiger partial charge >= 0.3 is 6.18 Å². The maximum atomic E-state index is 12.3. The van der Waals surface area contributed by atoms with E-state index in [1.165, 1.54) is 11.9 Å². The minimum absolute atomic E-state index is 0. The number of hydrogen-bond acceptors (Lipinski definition) is 4. The number of aliphatic imine (C=N–C) groups is 1. The molecule has 0 aromatic heterocycles. The first-order valence-electron chi connectivity index (χ1n) is 9.82. The topological polar surface area (TPSA) is 58.1 Å². The van der Waals surface area contributed by atoms with Gasteiger partial charge in [0.05, 0.1) is 25.8 Å². The molecule has 174 valence electrons. The van der Waals surface area contributed by atoms with E-state index in [2.05, 4.69) is 15.6 Å². The van der Waals surface area contributed by atoms with E-state index in [0.29, 0.717) is 50.2 Å². The summed E-state index contributed by atoms with van der Waals surface area (Å²) in [6.07, 6.45) is -3.60. The average molecular weight is 546 g/mol. The molecule has 0 aliphatic rings. The summed E-state index contributed by atoms with van der Waals surface area (Å²) in [5.41, 5.74) is 1.00. The molecule has 0 saturated carbocycles. The molecule has 2 N–H and O–H groups in total. The summed E-state index contributed by atoms with van der Waals surface area (Å²) < 4.78 is 48.3. The van der Waals surface area contributed by atoms with Gasteiger partial charge in [-0.3, -0.25) is 9.89 Å². The number of benzene rings is 1. The van der Waals surface area contributed by atoms with Crippen LogP contribution in [-0.2, 0) is 0 Å². The Hall–Kier alpha value is -1.43. The Labute approximate surface area is 194 Å². The smallest absolute Gasteiger partial charge is 0.401 e. The number of guanidine groups is 1. The van der Waals surface area contributed by atoms with Crippen molar-refractivity contribution >= 4 is 29.9 Å². The van der Waals surface area contributed by atoms with Crippen molar-refractivity contribution in [3.8, 4) is 11.5 Å². The number of alkyl halides is 3. The van der Waals surface area contributed by atoms with Crippen LogP contribution in [-0.4, -0.2) is 64.0 Å². The molecule has 0 radical (unpaired) electrons. The molecule has 1 aromatic rings. The van der Waals surface area contributed by atoms with E-state index >= 15 is 0 Å². The van der Waals surface area contributed by atoms with E-state index in [1.54, 1.807) is 7.05 Å². The Bertz CT molecular complexity index is 645. The molecule has 1 unspecified atom stereocenters. The maximum Gasteiger partial charge on any atom is 0.401 e. The molecule has 0 amide bonds. The molecule has 30 heavy (non-hydrogen) atoms. The minimum Gasteiger partial charge on any atom is -0.490 e. The van der Waals surface area contributed by atoms with Crippen LogP contribution in [0.3, 0.4) is 0 Å². The van der Waals surface area contributed by atoms with Crippen LogP contribution in [0.1, 0.15) is 38.8 Å². The van der Waals surface area contributed by atoms with Gasteiger partial charge in [-0.25, -0.2) is 0 Å². The van der Waals surface area contributed by atoms with Crippen molar-refractivity contribution in [3.63, 3.8) is 0 Å². The summed E-state index contributed by atoms with van der Waals surface area (Å²) in [6.45, 7) is 6.88. The molecular weight excluding hydrogens is 512 g/mol. The molecule has 0 fully saturated rings. The lowest BCUT2D eigenvalue weighted by molar-refractivity contribution is -0.143. The summed E-state index contributed by atoms with van der Waals surface area (Å²) >= 11 is 0. The van der Waals surface area contributed by atoms with Crippen molar-refractivity contribution in [2.75, 3.05) is 46.9 Å².